The summed E-state index contributed by atoms with van der Waals surface area (Å²) in [5, 5.41) is 5.80. The van der Waals surface area contributed by atoms with Crippen molar-refractivity contribution in [2.45, 2.75) is 0 Å². The van der Waals surface area contributed by atoms with Crippen LogP contribution < -0.4 is 11.1 Å². The van der Waals surface area contributed by atoms with E-state index < -0.39 is 11.7 Å². The second-order valence-electron chi connectivity index (χ2n) is 3.06. The molecule has 1 aromatic carbocycles. The van der Waals surface area contributed by atoms with Gasteiger partial charge in [-0.3, -0.25) is 4.79 Å². The van der Waals surface area contributed by atoms with Gasteiger partial charge in [-0.05, 0) is 18.2 Å². The Morgan fingerprint density at radius 3 is 2.94 bits per heavy atom. The summed E-state index contributed by atoms with van der Waals surface area (Å²) in [4.78, 5) is 11.5. The molecule has 0 unspecified atom stereocenters. The first-order chi connectivity index (χ1) is 7.66. The van der Waals surface area contributed by atoms with E-state index in [4.69, 9.17) is 5.73 Å². The zero-order valence-electron chi connectivity index (χ0n) is 8.11. The van der Waals surface area contributed by atoms with E-state index in [1.54, 1.807) is 0 Å². The smallest absolute Gasteiger partial charge is 0.294 e. The van der Waals surface area contributed by atoms with Crippen molar-refractivity contribution < 1.29 is 13.7 Å². The molecule has 2 aromatic rings. The molecule has 1 amide bonds. The molecule has 0 aliphatic carbocycles. The van der Waals surface area contributed by atoms with E-state index in [1.165, 1.54) is 24.4 Å². The van der Waals surface area contributed by atoms with Crippen molar-refractivity contribution in [2.75, 3.05) is 11.1 Å². The monoisotopic (exact) mass is 221 g/mol. The number of benzene rings is 1. The number of carbonyl (C=O) groups excluding carboxylic acids is 1. The van der Waals surface area contributed by atoms with Crippen LogP contribution in [0.25, 0.3) is 0 Å². The third kappa shape index (κ3) is 2.00. The van der Waals surface area contributed by atoms with Gasteiger partial charge in [0.25, 0.3) is 5.91 Å². The van der Waals surface area contributed by atoms with Crippen LogP contribution in [0, 0.1) is 5.82 Å². The number of anilines is 2. The van der Waals surface area contributed by atoms with E-state index in [1.807, 2.05) is 0 Å². The van der Waals surface area contributed by atoms with Crippen LogP contribution in [-0.4, -0.2) is 11.1 Å². The molecule has 82 valence electrons. The van der Waals surface area contributed by atoms with Gasteiger partial charge in [0.2, 0.25) is 5.76 Å². The highest BCUT2D eigenvalue weighted by Gasteiger charge is 2.11. The van der Waals surface area contributed by atoms with Crippen LogP contribution in [0.15, 0.2) is 35.0 Å². The molecule has 5 nitrogen and oxygen atoms in total. The Hall–Kier alpha value is -2.37. The van der Waals surface area contributed by atoms with Gasteiger partial charge in [0.15, 0.2) is 0 Å². The third-order valence-electron chi connectivity index (χ3n) is 1.93. The number of nitrogens with zero attached hydrogens (tertiary/aromatic N) is 1. The Balaban J connectivity index is 2.21. The minimum Gasteiger partial charge on any atom is -0.397 e. The number of nitrogens with two attached hydrogens (primary N) is 1. The summed E-state index contributed by atoms with van der Waals surface area (Å²) < 4.78 is 17.5. The minimum absolute atomic E-state index is 0.0312. The summed E-state index contributed by atoms with van der Waals surface area (Å²) in [6.45, 7) is 0. The first-order valence-corrected chi connectivity index (χ1v) is 4.44. The summed E-state index contributed by atoms with van der Waals surface area (Å²) in [5.74, 6) is -0.986. The maximum absolute atomic E-state index is 12.9. The number of aromatic nitrogens is 1. The van der Waals surface area contributed by atoms with Crippen LogP contribution in [0.2, 0.25) is 0 Å². The topological polar surface area (TPSA) is 81.1 Å². The number of hydrogen-bond acceptors (Lipinski definition) is 4. The summed E-state index contributed by atoms with van der Waals surface area (Å²) in [6.07, 6.45) is 1.34. The average Bonchev–Trinajstić information content (AvgIpc) is 2.76. The zero-order chi connectivity index (χ0) is 11.5. The highest BCUT2D eigenvalue weighted by Crippen LogP contribution is 2.19. The van der Waals surface area contributed by atoms with Gasteiger partial charge in [-0.2, -0.15) is 0 Å². The molecule has 0 atom stereocenters. The van der Waals surface area contributed by atoms with Gasteiger partial charge in [0.05, 0.1) is 17.6 Å². The molecule has 0 spiro atoms. The molecule has 0 saturated heterocycles. The summed E-state index contributed by atoms with van der Waals surface area (Å²) in [6, 6.07) is 5.10. The number of hydrogen-bond donors (Lipinski definition) is 2. The van der Waals surface area contributed by atoms with Gasteiger partial charge in [0, 0.05) is 6.07 Å². The van der Waals surface area contributed by atoms with Crippen molar-refractivity contribution in [3.8, 4) is 0 Å². The summed E-state index contributed by atoms with van der Waals surface area (Å²) >= 11 is 0. The maximum atomic E-state index is 12.9. The van der Waals surface area contributed by atoms with E-state index in [0.29, 0.717) is 0 Å². The molecule has 1 heterocycles. The lowest BCUT2D eigenvalue weighted by Crippen LogP contribution is -2.12. The molecule has 0 bridgehead atoms. The number of carbonyl (C=O) groups is 1. The van der Waals surface area contributed by atoms with Crippen LogP contribution in [0.4, 0.5) is 15.8 Å². The highest BCUT2D eigenvalue weighted by atomic mass is 19.1. The van der Waals surface area contributed by atoms with Crippen LogP contribution in [0.3, 0.4) is 0 Å². The molecular formula is C10H8FN3O2. The highest BCUT2D eigenvalue weighted by molar-refractivity contribution is 6.03. The van der Waals surface area contributed by atoms with Crippen molar-refractivity contribution in [2.24, 2.45) is 0 Å². The molecule has 0 aliphatic heterocycles. The lowest BCUT2D eigenvalue weighted by atomic mass is 10.2. The van der Waals surface area contributed by atoms with Crippen LogP contribution >= 0.6 is 0 Å². The maximum Gasteiger partial charge on any atom is 0.294 e. The normalized spacial score (nSPS) is 10.1. The molecular weight excluding hydrogens is 213 g/mol. The van der Waals surface area contributed by atoms with Crippen molar-refractivity contribution in [1.82, 2.24) is 5.16 Å². The fraction of sp³-hybridized carbons (Fsp3) is 0. The summed E-state index contributed by atoms with van der Waals surface area (Å²) in [5.41, 5.74) is 6.03. The van der Waals surface area contributed by atoms with E-state index in [-0.39, 0.29) is 17.1 Å². The number of nitrogens with one attached hydrogen (secondary N) is 1. The van der Waals surface area contributed by atoms with Gasteiger partial charge in [-0.25, -0.2) is 4.39 Å². The number of nitrogen functional groups attached to an aromatic ring is 1. The largest absolute Gasteiger partial charge is 0.397 e. The molecule has 0 aliphatic rings. The second-order valence-corrected chi connectivity index (χ2v) is 3.06. The van der Waals surface area contributed by atoms with Crippen molar-refractivity contribution in [3.63, 3.8) is 0 Å². The Labute approximate surface area is 90.0 Å². The molecule has 2 rings (SSSR count). The predicted molar refractivity (Wildman–Crippen MR) is 55.3 cm³/mol. The molecule has 6 heteroatoms. The molecule has 3 N–H and O–H groups in total. The lowest BCUT2D eigenvalue weighted by molar-refractivity contribution is 0.0988. The lowest BCUT2D eigenvalue weighted by Gasteiger charge is -2.05. The second kappa shape index (κ2) is 4.01. The number of amides is 1. The van der Waals surface area contributed by atoms with Crippen molar-refractivity contribution in [3.05, 3.63) is 42.0 Å². The van der Waals surface area contributed by atoms with E-state index in [0.717, 1.165) is 6.07 Å². The van der Waals surface area contributed by atoms with Gasteiger partial charge in [-0.1, -0.05) is 5.16 Å². The first kappa shape index (κ1) is 10.2. The quantitative estimate of drug-likeness (QED) is 0.755. The van der Waals surface area contributed by atoms with Gasteiger partial charge in [0.1, 0.15) is 5.82 Å². The molecule has 16 heavy (non-hydrogen) atoms. The van der Waals surface area contributed by atoms with Crippen LogP contribution in [0.5, 0.6) is 0 Å². The SMILES string of the molecule is Nc1ccc(F)cc1NC(=O)c1ccno1. The van der Waals surface area contributed by atoms with Crippen LogP contribution in [-0.2, 0) is 0 Å². The average molecular weight is 221 g/mol. The Kier molecular flexibility index (Phi) is 2.55. The molecule has 0 radical (unpaired) electrons. The molecule has 1 aromatic heterocycles. The number of halogens is 1. The van der Waals surface area contributed by atoms with Gasteiger partial charge < -0.3 is 15.6 Å². The zero-order valence-corrected chi connectivity index (χ0v) is 8.11. The predicted octanol–water partition coefficient (Wildman–Crippen LogP) is 1.65. The Bertz CT molecular complexity index is 511. The van der Waals surface area contributed by atoms with E-state index in [2.05, 4.69) is 15.0 Å². The van der Waals surface area contributed by atoms with Crippen molar-refractivity contribution in [1.29, 1.82) is 0 Å². The Morgan fingerprint density at radius 2 is 2.25 bits per heavy atom. The standard InChI is InChI=1S/C10H8FN3O2/c11-6-1-2-7(12)8(5-6)14-10(15)9-3-4-13-16-9/h1-5H,12H2,(H,14,15). The number of rotatable bonds is 2. The Morgan fingerprint density at radius 1 is 1.44 bits per heavy atom. The fourth-order valence-electron chi connectivity index (χ4n) is 1.15. The fourth-order valence-corrected chi connectivity index (χ4v) is 1.15. The van der Waals surface area contributed by atoms with Gasteiger partial charge >= 0.3 is 0 Å². The van der Waals surface area contributed by atoms with E-state index >= 15 is 0 Å². The van der Waals surface area contributed by atoms with Crippen molar-refractivity contribution >= 4 is 17.3 Å². The van der Waals surface area contributed by atoms with E-state index in [9.17, 15) is 9.18 Å². The van der Waals surface area contributed by atoms with Crippen LogP contribution in [0.1, 0.15) is 10.6 Å². The molecule has 0 fully saturated rings. The third-order valence-corrected chi connectivity index (χ3v) is 1.93. The minimum atomic E-state index is -0.533. The summed E-state index contributed by atoms with van der Waals surface area (Å²) in [7, 11) is 0. The van der Waals surface area contributed by atoms with Gasteiger partial charge in [-0.15, -0.1) is 0 Å². The first-order valence-electron chi connectivity index (χ1n) is 4.44. The molecule has 0 saturated carbocycles.